The van der Waals surface area contributed by atoms with E-state index in [1.54, 1.807) is 0 Å². The van der Waals surface area contributed by atoms with Crippen LogP contribution in [-0.2, 0) is 18.9 Å². The van der Waals surface area contributed by atoms with Gasteiger partial charge in [-0.05, 0) is 12.8 Å². The summed E-state index contributed by atoms with van der Waals surface area (Å²) in [6.45, 7) is 2.51. The molecule has 27 heavy (non-hydrogen) atoms. The van der Waals surface area contributed by atoms with E-state index in [1.165, 1.54) is 83.5 Å². The number of rotatable bonds is 22. The molecule has 0 unspecified atom stereocenters. The summed E-state index contributed by atoms with van der Waals surface area (Å²) in [6.07, 6.45) is 21.1. The van der Waals surface area contributed by atoms with E-state index in [-0.39, 0.29) is 26.8 Å². The molecule has 6 heteroatoms. The lowest BCUT2D eigenvalue weighted by Gasteiger charge is -2.05. The minimum absolute atomic E-state index is 0.140. The molecule has 0 aliphatic heterocycles. The summed E-state index contributed by atoms with van der Waals surface area (Å²) >= 11 is 0. The van der Waals surface area contributed by atoms with Crippen LogP contribution < -0.4 is 0 Å². The van der Waals surface area contributed by atoms with Crippen molar-refractivity contribution in [2.45, 2.75) is 116 Å². The molecule has 0 aliphatic carbocycles. The lowest BCUT2D eigenvalue weighted by atomic mass is 10.0. The molecule has 0 heterocycles. The van der Waals surface area contributed by atoms with Gasteiger partial charge in [-0.15, -0.1) is 0 Å². The second kappa shape index (κ2) is 20.7. The first-order valence-corrected chi connectivity index (χ1v) is 13.8. The summed E-state index contributed by atoms with van der Waals surface area (Å²) in [5, 5.41) is 0. The molecule has 4 nitrogen and oxygen atoms in total. The van der Waals surface area contributed by atoms with Crippen molar-refractivity contribution in [3.63, 3.8) is 0 Å². The van der Waals surface area contributed by atoms with Gasteiger partial charge in [-0.2, -0.15) is 0 Å². The quantitative estimate of drug-likeness (QED) is 0.136. The van der Waals surface area contributed by atoms with Crippen LogP contribution in [0.1, 0.15) is 116 Å². The first-order chi connectivity index (χ1) is 13.1. The molecule has 0 atom stereocenters. The molecule has 0 fully saturated rings. The van der Waals surface area contributed by atoms with Crippen LogP contribution in [0.3, 0.4) is 0 Å². The normalized spacial score (nSPS) is 12.0. The fraction of sp³-hybridized carbons (Fsp3) is 1.00. The zero-order valence-electron chi connectivity index (χ0n) is 17.6. The van der Waals surface area contributed by atoms with Crippen LogP contribution in [-0.4, -0.2) is 26.5 Å². The summed E-state index contributed by atoms with van der Waals surface area (Å²) in [5.74, 6) is 0.418. The highest BCUT2D eigenvalue weighted by Gasteiger charge is 2.09. The minimum atomic E-state index is -2.97. The second-order valence-electron chi connectivity index (χ2n) is 7.72. The van der Waals surface area contributed by atoms with E-state index in [0.29, 0.717) is 6.42 Å². The van der Waals surface area contributed by atoms with Crippen molar-refractivity contribution in [3.05, 3.63) is 0 Å². The molecular formula is C21H43O4PS. The van der Waals surface area contributed by atoms with E-state index in [0.717, 1.165) is 19.3 Å². The monoisotopic (exact) mass is 422 g/mol. The van der Waals surface area contributed by atoms with Crippen molar-refractivity contribution in [3.8, 4) is 0 Å². The van der Waals surface area contributed by atoms with Gasteiger partial charge in [0.15, 0.2) is 0 Å². The fourth-order valence-electron chi connectivity index (χ4n) is 3.35. The number of hydrogen-bond donors (Lipinski definition) is 0. The third-order valence-corrected chi connectivity index (χ3v) is 7.16. The Morgan fingerprint density at radius 2 is 0.963 bits per heavy atom. The van der Waals surface area contributed by atoms with Crippen LogP contribution in [0.15, 0.2) is 0 Å². The molecule has 0 aromatic heterocycles. The highest BCUT2D eigenvalue weighted by molar-refractivity contribution is 7.91. The van der Waals surface area contributed by atoms with Crippen LogP contribution in [0.25, 0.3) is 0 Å². The van der Waals surface area contributed by atoms with Gasteiger partial charge in [-0.25, -0.2) is 13.0 Å². The largest absolute Gasteiger partial charge is 0.327 e. The van der Waals surface area contributed by atoms with Crippen LogP contribution in [0.2, 0.25) is 0 Å². The summed E-state index contributed by atoms with van der Waals surface area (Å²) in [4.78, 5) is 0. The minimum Gasteiger partial charge on any atom is -0.294 e. The zero-order valence-corrected chi connectivity index (χ0v) is 19.3. The van der Waals surface area contributed by atoms with Gasteiger partial charge in [0.25, 0.3) is 0 Å². The Bertz CT molecular complexity index is 412. The van der Waals surface area contributed by atoms with Gasteiger partial charge in [0, 0.05) is 0 Å². The van der Waals surface area contributed by atoms with Crippen LogP contribution in [0.4, 0.5) is 0 Å². The average molecular weight is 423 g/mol. The lowest BCUT2D eigenvalue weighted by molar-refractivity contribution is 0.342. The van der Waals surface area contributed by atoms with E-state index < -0.39 is 9.84 Å². The Morgan fingerprint density at radius 1 is 0.593 bits per heavy atom. The third kappa shape index (κ3) is 22.2. The summed E-state index contributed by atoms with van der Waals surface area (Å²) in [7, 11) is -3.34. The molecule has 0 amide bonds. The van der Waals surface area contributed by atoms with E-state index in [4.69, 9.17) is 0 Å². The number of unbranched alkanes of at least 4 members (excludes halogenated alkanes) is 15. The molecule has 0 aromatic carbocycles. The Hall–Kier alpha value is 0.01000. The zero-order chi connectivity index (χ0) is 20.1. The van der Waals surface area contributed by atoms with Gasteiger partial charge in [0.1, 0.15) is 9.84 Å². The van der Waals surface area contributed by atoms with Crippen molar-refractivity contribution >= 4 is 18.5 Å². The fourth-order valence-corrected chi connectivity index (χ4v) is 4.96. The summed E-state index contributed by atoms with van der Waals surface area (Å²) in [5.41, 5.74) is 0. The highest BCUT2D eigenvalue weighted by Crippen LogP contribution is 2.14. The maximum absolute atomic E-state index is 11.8. The predicted molar refractivity (Wildman–Crippen MR) is 116 cm³/mol. The van der Waals surface area contributed by atoms with Crippen LogP contribution >= 0.6 is 8.69 Å². The van der Waals surface area contributed by atoms with Gasteiger partial charge in [-0.1, -0.05) is 103 Å². The molecule has 0 radical (unpaired) electrons. The summed E-state index contributed by atoms with van der Waals surface area (Å²) in [6, 6.07) is 0. The standard InChI is InChI=1S/C21H43O4PS/c1-2-3-4-5-6-7-8-9-10-11-12-13-14-15-16-17-20-27(23,24)21-18-19-25-26-22/h2-21H2,1H3. The first kappa shape index (κ1) is 27.0. The first-order valence-electron chi connectivity index (χ1n) is 11.3. The van der Waals surface area contributed by atoms with E-state index in [9.17, 15) is 13.0 Å². The molecule has 0 rings (SSSR count). The molecular weight excluding hydrogens is 379 g/mol. The Kier molecular flexibility index (Phi) is 20.7. The van der Waals surface area contributed by atoms with Gasteiger partial charge in [0.05, 0.1) is 18.1 Å². The number of hydrogen-bond acceptors (Lipinski definition) is 4. The number of sulfone groups is 1. The Labute approximate surface area is 170 Å². The maximum atomic E-state index is 11.8. The third-order valence-electron chi connectivity index (χ3n) is 5.05. The molecule has 162 valence electrons. The molecule has 0 aliphatic rings. The lowest BCUT2D eigenvalue weighted by Crippen LogP contribution is -2.12. The van der Waals surface area contributed by atoms with Crippen LogP contribution in [0.5, 0.6) is 0 Å². The van der Waals surface area contributed by atoms with Crippen molar-refractivity contribution in [2.75, 3.05) is 18.1 Å². The van der Waals surface area contributed by atoms with Gasteiger partial charge < -0.3 is 0 Å². The van der Waals surface area contributed by atoms with Gasteiger partial charge >= 0.3 is 8.69 Å². The van der Waals surface area contributed by atoms with E-state index in [1.807, 2.05) is 0 Å². The molecule has 0 spiro atoms. The van der Waals surface area contributed by atoms with Crippen LogP contribution in [0, 0.1) is 0 Å². The topological polar surface area (TPSA) is 60.4 Å². The molecule has 0 bridgehead atoms. The second-order valence-corrected chi connectivity index (χ2v) is 10.4. The molecule has 0 N–H and O–H groups in total. The van der Waals surface area contributed by atoms with E-state index >= 15 is 0 Å². The van der Waals surface area contributed by atoms with Crippen molar-refractivity contribution in [1.29, 1.82) is 0 Å². The van der Waals surface area contributed by atoms with E-state index in [2.05, 4.69) is 11.4 Å². The Morgan fingerprint density at radius 3 is 1.37 bits per heavy atom. The molecule has 0 aromatic rings. The van der Waals surface area contributed by atoms with Crippen molar-refractivity contribution in [1.82, 2.24) is 0 Å². The molecule has 0 saturated carbocycles. The van der Waals surface area contributed by atoms with Gasteiger partial charge in [0.2, 0.25) is 0 Å². The highest BCUT2D eigenvalue weighted by atomic mass is 32.2. The summed E-state index contributed by atoms with van der Waals surface area (Å²) < 4.78 is 38.3. The average Bonchev–Trinajstić information content (AvgIpc) is 2.65. The molecule has 0 saturated heterocycles. The van der Waals surface area contributed by atoms with Crippen molar-refractivity contribution in [2.24, 2.45) is 0 Å². The Balaban J connectivity index is 3.23. The SMILES string of the molecule is CCCCCCCCCCCCCCCCCCS(=O)(=O)CCCOP=O. The maximum Gasteiger partial charge on any atom is 0.327 e. The predicted octanol–water partition coefficient (Wildman–Crippen LogP) is 7.28. The van der Waals surface area contributed by atoms with Gasteiger partial charge in [-0.3, -0.25) is 4.52 Å². The van der Waals surface area contributed by atoms with Crippen molar-refractivity contribution < 1.29 is 17.5 Å². The smallest absolute Gasteiger partial charge is 0.294 e.